The number of rotatable bonds is 5. The van der Waals surface area contributed by atoms with Crippen molar-refractivity contribution in [2.75, 3.05) is 50.7 Å². The molecule has 1 N–H and O–H groups in total. The molecule has 2 heterocycles. The van der Waals surface area contributed by atoms with E-state index in [1.807, 2.05) is 29.2 Å². The third-order valence-corrected chi connectivity index (χ3v) is 6.29. The lowest BCUT2D eigenvalue weighted by molar-refractivity contribution is 0.0724. The Morgan fingerprint density at radius 1 is 0.848 bits per heavy atom. The predicted octanol–water partition coefficient (Wildman–Crippen LogP) is 4.22. The van der Waals surface area contributed by atoms with Gasteiger partial charge in [0.25, 0.3) is 5.91 Å². The maximum Gasteiger partial charge on any atom is 0.253 e. The van der Waals surface area contributed by atoms with E-state index in [-0.39, 0.29) is 29.9 Å². The molecular formula is C26H36IN5O. The van der Waals surface area contributed by atoms with Gasteiger partial charge in [-0.15, -0.1) is 24.0 Å². The van der Waals surface area contributed by atoms with E-state index in [0.717, 1.165) is 75.7 Å². The Kier molecular flexibility index (Phi) is 9.84. The van der Waals surface area contributed by atoms with Crippen LogP contribution in [0.5, 0.6) is 0 Å². The summed E-state index contributed by atoms with van der Waals surface area (Å²) >= 11 is 0. The van der Waals surface area contributed by atoms with E-state index in [1.165, 1.54) is 12.1 Å². The second kappa shape index (κ2) is 12.8. The number of amides is 1. The zero-order valence-corrected chi connectivity index (χ0v) is 21.9. The van der Waals surface area contributed by atoms with E-state index in [2.05, 4.69) is 52.4 Å². The van der Waals surface area contributed by atoms with Gasteiger partial charge in [0.15, 0.2) is 5.96 Å². The molecule has 2 aromatic carbocycles. The number of guanidine groups is 1. The number of hydrogen-bond acceptors (Lipinski definition) is 3. The van der Waals surface area contributed by atoms with Crippen molar-refractivity contribution in [3.63, 3.8) is 0 Å². The summed E-state index contributed by atoms with van der Waals surface area (Å²) in [6.45, 7) is 9.21. The monoisotopic (exact) mass is 561 g/mol. The highest BCUT2D eigenvalue weighted by Crippen LogP contribution is 2.17. The maximum atomic E-state index is 12.7. The summed E-state index contributed by atoms with van der Waals surface area (Å²) in [6.07, 6.45) is 3.47. The molecule has 33 heavy (non-hydrogen) atoms. The van der Waals surface area contributed by atoms with E-state index in [9.17, 15) is 4.79 Å². The van der Waals surface area contributed by atoms with E-state index >= 15 is 0 Å². The quantitative estimate of drug-likeness (QED) is 0.338. The van der Waals surface area contributed by atoms with Crippen LogP contribution in [0, 0.1) is 0 Å². The number of benzene rings is 2. The Bertz CT molecular complexity index is 889. The second-order valence-electron chi connectivity index (χ2n) is 8.53. The molecule has 2 aromatic rings. The summed E-state index contributed by atoms with van der Waals surface area (Å²) in [5.74, 6) is 1.12. The number of carbonyl (C=O) groups is 1. The lowest BCUT2D eigenvalue weighted by Gasteiger charge is -2.37. The first kappa shape index (κ1) is 25.3. The molecule has 2 fully saturated rings. The Balaban J connectivity index is 0.00000306. The fraction of sp³-hybridized carbons (Fsp3) is 0.462. The van der Waals surface area contributed by atoms with E-state index in [0.29, 0.717) is 6.54 Å². The van der Waals surface area contributed by atoms with Crippen LogP contribution in [0.15, 0.2) is 59.6 Å². The van der Waals surface area contributed by atoms with Crippen molar-refractivity contribution in [1.82, 2.24) is 15.1 Å². The Morgan fingerprint density at radius 3 is 2.15 bits per heavy atom. The number of nitrogens with zero attached hydrogens (tertiary/aromatic N) is 4. The van der Waals surface area contributed by atoms with Gasteiger partial charge in [0.05, 0.1) is 6.54 Å². The van der Waals surface area contributed by atoms with Crippen LogP contribution in [-0.2, 0) is 6.54 Å². The Labute approximate surface area is 215 Å². The van der Waals surface area contributed by atoms with Gasteiger partial charge >= 0.3 is 0 Å². The number of anilines is 1. The Morgan fingerprint density at radius 2 is 1.52 bits per heavy atom. The summed E-state index contributed by atoms with van der Waals surface area (Å²) in [4.78, 5) is 24.3. The molecule has 178 valence electrons. The first-order valence-electron chi connectivity index (χ1n) is 12.0. The minimum absolute atomic E-state index is 0. The molecule has 7 heteroatoms. The van der Waals surface area contributed by atoms with Crippen molar-refractivity contribution in [1.29, 1.82) is 0 Å². The smallest absolute Gasteiger partial charge is 0.253 e. The van der Waals surface area contributed by atoms with Crippen molar-refractivity contribution < 1.29 is 4.79 Å². The normalized spacial score (nSPS) is 16.9. The highest BCUT2D eigenvalue weighted by molar-refractivity contribution is 14.0. The first-order chi connectivity index (χ1) is 15.7. The maximum absolute atomic E-state index is 12.7. The van der Waals surface area contributed by atoms with Gasteiger partial charge in [-0.3, -0.25) is 4.79 Å². The number of para-hydroxylation sites is 1. The highest BCUT2D eigenvalue weighted by Gasteiger charge is 2.20. The highest BCUT2D eigenvalue weighted by atomic mass is 127. The average molecular weight is 562 g/mol. The minimum Gasteiger partial charge on any atom is -0.368 e. The molecule has 0 radical (unpaired) electrons. The number of likely N-dealkylation sites (tertiary alicyclic amines) is 1. The number of piperazine rings is 1. The minimum atomic E-state index is 0. The molecule has 0 atom stereocenters. The third-order valence-electron chi connectivity index (χ3n) is 6.29. The lowest BCUT2D eigenvalue weighted by atomic mass is 10.1. The fourth-order valence-corrected chi connectivity index (χ4v) is 4.44. The summed E-state index contributed by atoms with van der Waals surface area (Å²) in [5.41, 5.74) is 3.19. The van der Waals surface area contributed by atoms with Crippen LogP contribution in [-0.4, -0.2) is 67.5 Å². The molecule has 6 nitrogen and oxygen atoms in total. The first-order valence-corrected chi connectivity index (χ1v) is 12.0. The van der Waals surface area contributed by atoms with Crippen molar-refractivity contribution in [2.45, 2.75) is 32.7 Å². The summed E-state index contributed by atoms with van der Waals surface area (Å²) < 4.78 is 0. The molecule has 2 aliphatic rings. The van der Waals surface area contributed by atoms with Crippen LogP contribution in [0.1, 0.15) is 42.1 Å². The van der Waals surface area contributed by atoms with Crippen LogP contribution in [0.25, 0.3) is 0 Å². The van der Waals surface area contributed by atoms with Crippen molar-refractivity contribution in [3.8, 4) is 0 Å². The van der Waals surface area contributed by atoms with Crippen LogP contribution < -0.4 is 10.2 Å². The molecule has 0 aromatic heterocycles. The van der Waals surface area contributed by atoms with Gasteiger partial charge in [0.1, 0.15) is 0 Å². The van der Waals surface area contributed by atoms with Gasteiger partial charge in [-0.25, -0.2) is 4.99 Å². The lowest BCUT2D eigenvalue weighted by Crippen LogP contribution is -2.52. The third kappa shape index (κ3) is 6.85. The number of piperidine rings is 1. The number of aliphatic imine (C=N–C) groups is 1. The van der Waals surface area contributed by atoms with Crippen LogP contribution in [0.3, 0.4) is 0 Å². The fourth-order valence-electron chi connectivity index (χ4n) is 4.44. The number of nitrogens with one attached hydrogen (secondary N) is 1. The van der Waals surface area contributed by atoms with Gasteiger partial charge in [0, 0.05) is 57.1 Å². The molecule has 0 bridgehead atoms. The van der Waals surface area contributed by atoms with Gasteiger partial charge in [-0.1, -0.05) is 30.3 Å². The van der Waals surface area contributed by atoms with E-state index in [4.69, 9.17) is 4.99 Å². The topological polar surface area (TPSA) is 51.2 Å². The van der Waals surface area contributed by atoms with Crippen LogP contribution in [0.2, 0.25) is 0 Å². The SMILES string of the molecule is CCNC(=NCc1ccc(C(=O)N2CCCCC2)cc1)N1CCN(c2ccccc2)CC1.I. The molecule has 0 saturated carbocycles. The van der Waals surface area contributed by atoms with Crippen LogP contribution >= 0.6 is 24.0 Å². The number of halogens is 1. The molecule has 2 aliphatic heterocycles. The van der Waals surface area contributed by atoms with Gasteiger partial charge in [0.2, 0.25) is 0 Å². The molecule has 2 saturated heterocycles. The largest absolute Gasteiger partial charge is 0.368 e. The predicted molar refractivity (Wildman–Crippen MR) is 147 cm³/mol. The summed E-state index contributed by atoms with van der Waals surface area (Å²) in [7, 11) is 0. The zero-order chi connectivity index (χ0) is 22.2. The second-order valence-corrected chi connectivity index (χ2v) is 8.53. The number of carbonyl (C=O) groups excluding carboxylic acids is 1. The molecule has 4 rings (SSSR count). The molecule has 1 amide bonds. The average Bonchev–Trinajstić information content (AvgIpc) is 2.87. The molecule has 0 unspecified atom stereocenters. The molecule has 0 aliphatic carbocycles. The number of hydrogen-bond donors (Lipinski definition) is 1. The zero-order valence-electron chi connectivity index (χ0n) is 19.6. The van der Waals surface area contributed by atoms with Crippen molar-refractivity contribution in [3.05, 3.63) is 65.7 Å². The van der Waals surface area contributed by atoms with Gasteiger partial charge in [-0.05, 0) is 56.0 Å². The molecule has 0 spiro atoms. The Hall–Kier alpha value is -2.29. The van der Waals surface area contributed by atoms with E-state index < -0.39 is 0 Å². The molecular weight excluding hydrogens is 525 g/mol. The summed E-state index contributed by atoms with van der Waals surface area (Å²) in [6, 6.07) is 18.6. The van der Waals surface area contributed by atoms with Gasteiger partial charge < -0.3 is 20.0 Å². The van der Waals surface area contributed by atoms with Crippen molar-refractivity contribution >= 4 is 41.5 Å². The van der Waals surface area contributed by atoms with Crippen LogP contribution in [0.4, 0.5) is 5.69 Å². The van der Waals surface area contributed by atoms with E-state index in [1.54, 1.807) is 0 Å². The summed E-state index contributed by atoms with van der Waals surface area (Å²) in [5, 5.41) is 3.45. The standard InChI is InChI=1S/C26H35N5O.HI/c1-2-27-26(31-19-17-29(18-20-31)24-9-5-3-6-10-24)28-21-22-11-13-23(14-12-22)25(32)30-15-7-4-8-16-30;/h3,5-6,9-14H,2,4,7-8,15-21H2,1H3,(H,27,28);1H. The van der Waals surface area contributed by atoms with Crippen molar-refractivity contribution in [2.24, 2.45) is 4.99 Å². The van der Waals surface area contributed by atoms with Gasteiger partial charge in [-0.2, -0.15) is 0 Å².